The van der Waals surface area contributed by atoms with Crippen molar-refractivity contribution in [3.8, 4) is 0 Å². The Kier molecular flexibility index (Phi) is 4.84. The van der Waals surface area contributed by atoms with Crippen LogP contribution in [0.3, 0.4) is 0 Å². The average Bonchev–Trinajstić information content (AvgIpc) is 2.56. The second-order valence-corrected chi connectivity index (χ2v) is 6.40. The lowest BCUT2D eigenvalue weighted by atomic mass is 9.78. The summed E-state index contributed by atoms with van der Waals surface area (Å²) in [5.74, 6) is 1.39. The summed E-state index contributed by atoms with van der Waals surface area (Å²) in [5.41, 5.74) is 1.70. The number of ketones is 1. The molecule has 0 saturated heterocycles. The van der Waals surface area contributed by atoms with Crippen molar-refractivity contribution in [2.75, 3.05) is 6.61 Å². The molecular weight excluding hydrogens is 274 g/mol. The molecule has 3 rings (SSSR count). The van der Waals surface area contributed by atoms with E-state index in [4.69, 9.17) is 5.11 Å². The van der Waals surface area contributed by atoms with Crippen LogP contribution < -0.4 is 0 Å². The fraction of sp³-hybridized carbons (Fsp3) is 0.474. The smallest absolute Gasteiger partial charge is 0.163 e. The van der Waals surface area contributed by atoms with Gasteiger partial charge in [0.15, 0.2) is 5.78 Å². The first-order chi connectivity index (χ1) is 10.8. The average molecular weight is 297 g/mol. The van der Waals surface area contributed by atoms with Crippen LogP contribution in [0, 0.1) is 11.8 Å². The van der Waals surface area contributed by atoms with E-state index < -0.39 is 0 Å². The minimum atomic E-state index is 0.240. The number of pyridine rings is 1. The second-order valence-electron chi connectivity index (χ2n) is 6.40. The van der Waals surface area contributed by atoms with Gasteiger partial charge in [-0.05, 0) is 43.2 Å². The minimum Gasteiger partial charge on any atom is -0.396 e. The van der Waals surface area contributed by atoms with Crippen LogP contribution in [-0.4, -0.2) is 22.5 Å². The van der Waals surface area contributed by atoms with E-state index in [1.807, 2.05) is 30.3 Å². The van der Waals surface area contributed by atoms with Gasteiger partial charge in [0.25, 0.3) is 0 Å². The number of hydrogen-bond acceptors (Lipinski definition) is 3. The topological polar surface area (TPSA) is 50.2 Å². The highest BCUT2D eigenvalue weighted by Crippen LogP contribution is 2.33. The molecular formula is C19H23NO2. The maximum atomic E-state index is 12.7. The number of aromatic nitrogens is 1. The summed E-state index contributed by atoms with van der Waals surface area (Å²) in [6.07, 6.45) is 7.83. The third-order valence-electron chi connectivity index (χ3n) is 4.92. The molecule has 0 amide bonds. The summed E-state index contributed by atoms with van der Waals surface area (Å²) in [7, 11) is 0. The molecule has 0 atom stereocenters. The van der Waals surface area contributed by atoms with Gasteiger partial charge in [-0.2, -0.15) is 0 Å². The Balaban J connectivity index is 1.67. The van der Waals surface area contributed by atoms with Crippen LogP contribution >= 0.6 is 0 Å². The number of carbonyl (C=O) groups is 1. The molecule has 0 spiro atoms. The van der Waals surface area contributed by atoms with Crippen LogP contribution in [0.1, 0.15) is 48.9 Å². The van der Waals surface area contributed by atoms with Crippen molar-refractivity contribution in [3.63, 3.8) is 0 Å². The summed E-state index contributed by atoms with van der Waals surface area (Å²) in [4.78, 5) is 17.0. The van der Waals surface area contributed by atoms with Gasteiger partial charge in [-0.25, -0.2) is 0 Å². The van der Waals surface area contributed by atoms with Gasteiger partial charge in [0.1, 0.15) is 0 Å². The molecule has 0 unspecified atom stereocenters. The first kappa shape index (κ1) is 15.2. The maximum Gasteiger partial charge on any atom is 0.163 e. The second kappa shape index (κ2) is 7.01. The summed E-state index contributed by atoms with van der Waals surface area (Å²) < 4.78 is 0. The maximum absolute atomic E-state index is 12.7. The molecule has 1 aliphatic rings. The lowest BCUT2D eigenvalue weighted by Crippen LogP contribution is -2.18. The van der Waals surface area contributed by atoms with E-state index in [0.29, 0.717) is 18.3 Å². The van der Waals surface area contributed by atoms with Gasteiger partial charge < -0.3 is 5.11 Å². The zero-order valence-electron chi connectivity index (χ0n) is 12.9. The lowest BCUT2D eigenvalue weighted by molar-refractivity contribution is 0.0940. The monoisotopic (exact) mass is 297 g/mol. The number of carbonyl (C=O) groups excluding carboxylic acids is 1. The number of Topliss-reactive ketones (excluding diaryl/α,β-unsaturated/α-hetero) is 1. The Bertz CT molecular complexity index is 639. The molecule has 1 fully saturated rings. The molecule has 22 heavy (non-hydrogen) atoms. The number of benzene rings is 1. The fourth-order valence-electron chi connectivity index (χ4n) is 3.63. The predicted molar refractivity (Wildman–Crippen MR) is 87.8 cm³/mol. The minimum absolute atomic E-state index is 0.240. The van der Waals surface area contributed by atoms with Crippen LogP contribution in [0.5, 0.6) is 0 Å². The fourth-order valence-corrected chi connectivity index (χ4v) is 3.63. The van der Waals surface area contributed by atoms with Crippen LogP contribution in [0.25, 0.3) is 10.9 Å². The van der Waals surface area contributed by atoms with Crippen molar-refractivity contribution in [1.82, 2.24) is 4.98 Å². The highest BCUT2D eigenvalue weighted by atomic mass is 16.3. The van der Waals surface area contributed by atoms with Gasteiger partial charge in [0.05, 0.1) is 5.52 Å². The van der Waals surface area contributed by atoms with Gasteiger partial charge in [0.2, 0.25) is 0 Å². The van der Waals surface area contributed by atoms with E-state index in [0.717, 1.165) is 48.6 Å². The summed E-state index contributed by atoms with van der Waals surface area (Å²) in [6.45, 7) is 0.289. The standard InChI is InChI=1S/C19H23NO2/c21-12-10-14-6-8-15(9-7-14)13-19(22)17-3-1-5-18-16(17)4-2-11-20-18/h1-5,11,14-15,21H,6-10,12-13H2. The Morgan fingerprint density at radius 2 is 1.86 bits per heavy atom. The van der Waals surface area contributed by atoms with Crippen LogP contribution in [0.4, 0.5) is 0 Å². The number of hydrogen-bond donors (Lipinski definition) is 1. The molecule has 0 radical (unpaired) electrons. The molecule has 2 aromatic rings. The number of fused-ring (bicyclic) bond motifs is 1. The summed E-state index contributed by atoms with van der Waals surface area (Å²) in [6, 6.07) is 9.66. The predicted octanol–water partition coefficient (Wildman–Crippen LogP) is 4.00. The van der Waals surface area contributed by atoms with Crippen LogP contribution in [0.2, 0.25) is 0 Å². The van der Waals surface area contributed by atoms with Crippen molar-refractivity contribution in [2.24, 2.45) is 11.8 Å². The van der Waals surface area contributed by atoms with Crippen LogP contribution in [-0.2, 0) is 0 Å². The molecule has 3 nitrogen and oxygen atoms in total. The number of rotatable bonds is 5. The number of aliphatic hydroxyl groups excluding tert-OH is 1. The normalized spacial score (nSPS) is 21.9. The molecule has 1 aliphatic carbocycles. The number of aliphatic hydroxyl groups is 1. The molecule has 1 heterocycles. The van der Waals surface area contributed by atoms with Crippen molar-refractivity contribution >= 4 is 16.7 Å². The Hall–Kier alpha value is -1.74. The summed E-state index contributed by atoms with van der Waals surface area (Å²) >= 11 is 0. The molecule has 116 valence electrons. The van der Waals surface area contributed by atoms with E-state index in [9.17, 15) is 4.79 Å². The van der Waals surface area contributed by atoms with Crippen molar-refractivity contribution in [1.29, 1.82) is 0 Å². The molecule has 1 aromatic heterocycles. The number of nitrogens with zero attached hydrogens (tertiary/aromatic N) is 1. The molecule has 1 saturated carbocycles. The van der Waals surface area contributed by atoms with Gasteiger partial charge in [0, 0.05) is 30.2 Å². The largest absolute Gasteiger partial charge is 0.396 e. The van der Waals surface area contributed by atoms with Gasteiger partial charge >= 0.3 is 0 Å². The van der Waals surface area contributed by atoms with E-state index >= 15 is 0 Å². The third-order valence-corrected chi connectivity index (χ3v) is 4.92. The van der Waals surface area contributed by atoms with Crippen molar-refractivity contribution in [3.05, 3.63) is 42.1 Å². The van der Waals surface area contributed by atoms with E-state index in [1.165, 1.54) is 0 Å². The van der Waals surface area contributed by atoms with Gasteiger partial charge in [-0.15, -0.1) is 0 Å². The van der Waals surface area contributed by atoms with Gasteiger partial charge in [-0.3, -0.25) is 9.78 Å². The van der Waals surface area contributed by atoms with E-state index in [2.05, 4.69) is 4.98 Å². The SMILES string of the molecule is O=C(CC1CCC(CCO)CC1)c1cccc2ncccc12. The highest BCUT2D eigenvalue weighted by molar-refractivity contribution is 6.07. The zero-order chi connectivity index (χ0) is 15.4. The van der Waals surface area contributed by atoms with Crippen molar-refractivity contribution < 1.29 is 9.90 Å². The summed E-state index contributed by atoms with van der Waals surface area (Å²) in [5, 5.41) is 9.98. The van der Waals surface area contributed by atoms with Crippen molar-refractivity contribution in [2.45, 2.75) is 38.5 Å². The van der Waals surface area contributed by atoms with E-state index in [1.54, 1.807) is 6.20 Å². The highest BCUT2D eigenvalue weighted by Gasteiger charge is 2.23. The first-order valence-corrected chi connectivity index (χ1v) is 8.25. The lowest BCUT2D eigenvalue weighted by Gasteiger charge is -2.27. The zero-order valence-corrected chi connectivity index (χ0v) is 12.9. The van der Waals surface area contributed by atoms with Crippen LogP contribution in [0.15, 0.2) is 36.5 Å². The Morgan fingerprint density at radius 1 is 1.09 bits per heavy atom. The molecule has 3 heteroatoms. The molecule has 1 N–H and O–H groups in total. The van der Waals surface area contributed by atoms with Gasteiger partial charge in [-0.1, -0.05) is 31.0 Å². The molecule has 1 aromatic carbocycles. The third kappa shape index (κ3) is 3.36. The quantitative estimate of drug-likeness (QED) is 0.849. The molecule has 0 aliphatic heterocycles. The Morgan fingerprint density at radius 3 is 2.64 bits per heavy atom. The first-order valence-electron chi connectivity index (χ1n) is 8.25. The Labute approximate surface area is 131 Å². The molecule has 0 bridgehead atoms. The van der Waals surface area contributed by atoms with E-state index in [-0.39, 0.29) is 12.4 Å².